The molecule has 2 atom stereocenters. The number of hydrogen-bond acceptors (Lipinski definition) is 5. The van der Waals surface area contributed by atoms with E-state index in [1.54, 1.807) is 14.2 Å². The number of rotatable bonds is 10. The predicted octanol–water partition coefficient (Wildman–Crippen LogP) is 7.40. The summed E-state index contributed by atoms with van der Waals surface area (Å²) in [6.07, 6.45) is 4.49. The lowest BCUT2D eigenvalue weighted by molar-refractivity contribution is -0.132. The molecule has 2 heterocycles. The number of benzene rings is 3. The summed E-state index contributed by atoms with van der Waals surface area (Å²) < 4.78 is 11.6. The van der Waals surface area contributed by atoms with Crippen molar-refractivity contribution < 1.29 is 14.3 Å². The number of ether oxygens (including phenoxy) is 2. The van der Waals surface area contributed by atoms with Gasteiger partial charge >= 0.3 is 0 Å². The van der Waals surface area contributed by atoms with Crippen LogP contribution in [0.25, 0.3) is 0 Å². The number of thioether (sulfide) groups is 2. The van der Waals surface area contributed by atoms with Crippen LogP contribution in [0.3, 0.4) is 0 Å². The molecule has 37 heavy (non-hydrogen) atoms. The molecule has 0 saturated carbocycles. The molecule has 6 heteroatoms. The number of carbonyl (C=O) groups is 1. The van der Waals surface area contributed by atoms with Gasteiger partial charge in [-0.2, -0.15) is 0 Å². The number of hydrogen-bond donors (Lipinski definition) is 0. The van der Waals surface area contributed by atoms with E-state index in [0.29, 0.717) is 6.42 Å². The highest BCUT2D eigenvalue weighted by Crippen LogP contribution is 2.58. The maximum Gasteiger partial charge on any atom is 0.223 e. The summed E-state index contributed by atoms with van der Waals surface area (Å²) in [5.74, 6) is 1.91. The second kappa shape index (κ2) is 11.4. The lowest BCUT2D eigenvalue weighted by Crippen LogP contribution is -2.52. The summed E-state index contributed by atoms with van der Waals surface area (Å²) in [7, 11) is 3.39. The molecule has 0 aliphatic carbocycles. The molecule has 3 aromatic carbocycles. The largest absolute Gasteiger partial charge is 0.493 e. The van der Waals surface area contributed by atoms with Gasteiger partial charge in [0, 0.05) is 28.7 Å². The van der Waals surface area contributed by atoms with Gasteiger partial charge in [0.1, 0.15) is 0 Å². The average Bonchev–Trinajstić information content (AvgIpc) is 3.24. The fourth-order valence-corrected chi connectivity index (χ4v) is 9.00. The second-order valence-corrected chi connectivity index (χ2v) is 12.5. The first-order chi connectivity index (χ1) is 18.1. The summed E-state index contributed by atoms with van der Waals surface area (Å²) in [6, 6.07) is 25.5. The Morgan fingerprint density at radius 3 is 2.11 bits per heavy atom. The van der Waals surface area contributed by atoms with Gasteiger partial charge in [0.2, 0.25) is 5.91 Å². The van der Waals surface area contributed by atoms with E-state index < -0.39 is 0 Å². The van der Waals surface area contributed by atoms with E-state index in [0.717, 1.165) is 43.7 Å². The van der Waals surface area contributed by atoms with Crippen molar-refractivity contribution in [3.8, 4) is 11.5 Å². The van der Waals surface area contributed by atoms with Crippen LogP contribution in [-0.2, 0) is 16.8 Å². The van der Waals surface area contributed by atoms with Crippen molar-refractivity contribution in [2.24, 2.45) is 5.92 Å². The SMILES string of the molecule is CCCC[C@@]12c3cc(OC)c(OC)cc3CCN1C(=O)C[C@@H]2C(Sc1ccccc1)Sc1ccccc1. The Morgan fingerprint density at radius 2 is 1.54 bits per heavy atom. The molecule has 0 bridgehead atoms. The van der Waals surface area contributed by atoms with E-state index in [1.165, 1.54) is 20.9 Å². The minimum atomic E-state index is -0.367. The zero-order valence-electron chi connectivity index (χ0n) is 21.8. The van der Waals surface area contributed by atoms with Crippen LogP contribution < -0.4 is 9.47 Å². The zero-order chi connectivity index (χ0) is 25.8. The molecule has 4 nitrogen and oxygen atoms in total. The van der Waals surface area contributed by atoms with Gasteiger partial charge in [0.05, 0.1) is 24.3 Å². The van der Waals surface area contributed by atoms with Crippen molar-refractivity contribution in [1.82, 2.24) is 4.90 Å². The molecular formula is C31H35NO3S2. The van der Waals surface area contributed by atoms with Gasteiger partial charge in [-0.15, -0.1) is 23.5 Å². The summed E-state index contributed by atoms with van der Waals surface area (Å²) in [5, 5.41) is 0. The molecule has 194 valence electrons. The van der Waals surface area contributed by atoms with Crippen molar-refractivity contribution in [1.29, 1.82) is 0 Å². The summed E-state index contributed by atoms with van der Waals surface area (Å²) in [4.78, 5) is 18.4. The molecule has 1 amide bonds. The van der Waals surface area contributed by atoms with Crippen LogP contribution in [0.4, 0.5) is 0 Å². The fraction of sp³-hybridized carbons (Fsp3) is 0.387. The van der Waals surface area contributed by atoms with Crippen LogP contribution in [0.5, 0.6) is 11.5 Å². The van der Waals surface area contributed by atoms with E-state index >= 15 is 0 Å². The quantitative estimate of drug-likeness (QED) is 0.200. The summed E-state index contributed by atoms with van der Waals surface area (Å²) in [5.41, 5.74) is 2.15. The van der Waals surface area contributed by atoms with E-state index in [9.17, 15) is 4.79 Å². The van der Waals surface area contributed by atoms with Gasteiger partial charge in [-0.1, -0.05) is 56.2 Å². The van der Waals surface area contributed by atoms with Gasteiger partial charge in [-0.3, -0.25) is 4.79 Å². The van der Waals surface area contributed by atoms with Crippen molar-refractivity contribution in [2.75, 3.05) is 20.8 Å². The smallest absolute Gasteiger partial charge is 0.223 e. The summed E-state index contributed by atoms with van der Waals surface area (Å²) in [6.45, 7) is 2.99. The molecule has 0 unspecified atom stereocenters. The van der Waals surface area contributed by atoms with E-state index in [4.69, 9.17) is 9.47 Å². The third-order valence-electron chi connectivity index (χ3n) is 7.70. The first-order valence-electron chi connectivity index (χ1n) is 13.1. The molecule has 1 saturated heterocycles. The second-order valence-electron chi connectivity index (χ2n) is 9.73. The van der Waals surface area contributed by atoms with Crippen LogP contribution in [0.1, 0.15) is 43.7 Å². The minimum absolute atomic E-state index is 0.138. The number of carbonyl (C=O) groups excluding carboxylic acids is 1. The highest BCUT2D eigenvalue weighted by molar-refractivity contribution is 8.17. The number of nitrogens with zero attached hydrogens (tertiary/aromatic N) is 1. The van der Waals surface area contributed by atoms with Crippen LogP contribution in [-0.4, -0.2) is 36.2 Å². The van der Waals surface area contributed by atoms with E-state index in [-0.39, 0.29) is 21.9 Å². The zero-order valence-corrected chi connectivity index (χ0v) is 23.4. The maximum atomic E-state index is 13.7. The van der Waals surface area contributed by atoms with E-state index in [1.807, 2.05) is 23.5 Å². The Morgan fingerprint density at radius 1 is 0.946 bits per heavy atom. The average molecular weight is 534 g/mol. The third-order valence-corrected chi connectivity index (χ3v) is 10.5. The molecule has 2 aliphatic rings. The first kappa shape index (κ1) is 26.1. The van der Waals surface area contributed by atoms with Crippen molar-refractivity contribution in [3.05, 3.63) is 83.9 Å². The molecule has 1 fully saturated rings. The molecule has 0 spiro atoms. The molecule has 0 radical (unpaired) electrons. The van der Waals surface area contributed by atoms with Gasteiger partial charge in [-0.05, 0) is 60.4 Å². The van der Waals surface area contributed by atoms with Gasteiger partial charge in [0.25, 0.3) is 0 Å². The van der Waals surface area contributed by atoms with Crippen molar-refractivity contribution in [2.45, 2.75) is 58.9 Å². The highest BCUT2D eigenvalue weighted by atomic mass is 32.2. The number of methoxy groups -OCH3 is 2. The number of fused-ring (bicyclic) bond motifs is 3. The lowest BCUT2D eigenvalue weighted by Gasteiger charge is -2.49. The van der Waals surface area contributed by atoms with Crippen LogP contribution in [0.15, 0.2) is 82.6 Å². The van der Waals surface area contributed by atoms with Crippen LogP contribution in [0, 0.1) is 5.92 Å². The van der Waals surface area contributed by atoms with Crippen LogP contribution in [0.2, 0.25) is 0 Å². The third kappa shape index (κ3) is 4.98. The Labute approximate surface area is 229 Å². The van der Waals surface area contributed by atoms with Gasteiger partial charge < -0.3 is 14.4 Å². The lowest BCUT2D eigenvalue weighted by atomic mass is 9.71. The van der Waals surface area contributed by atoms with E-state index in [2.05, 4.69) is 84.6 Å². The normalized spacial score (nSPS) is 20.6. The molecule has 0 aromatic heterocycles. The molecule has 0 N–H and O–H groups in total. The number of unbranched alkanes of at least 4 members (excludes halogenated alkanes) is 1. The monoisotopic (exact) mass is 533 g/mol. The van der Waals surface area contributed by atoms with Crippen LogP contribution >= 0.6 is 23.5 Å². The standard InChI is InChI=1S/C31H35NO3S2/c1-4-5-17-31-25-20-28(35-3)27(34-2)19-22(25)16-18-32(31)29(33)21-26(31)30(36-23-12-8-6-9-13-23)37-24-14-10-7-11-15-24/h6-15,19-20,26,30H,4-5,16-18,21H2,1-3H3/t26-,31+/m1/s1. The molecule has 5 rings (SSSR count). The summed E-state index contributed by atoms with van der Waals surface area (Å²) >= 11 is 3.78. The Kier molecular flexibility index (Phi) is 8.06. The molecule has 2 aliphatic heterocycles. The van der Waals surface area contributed by atoms with Crippen molar-refractivity contribution in [3.63, 3.8) is 0 Å². The highest BCUT2D eigenvalue weighted by Gasteiger charge is 2.58. The Balaban J connectivity index is 1.66. The molecular weight excluding hydrogens is 498 g/mol. The van der Waals surface area contributed by atoms with Gasteiger partial charge in [0.15, 0.2) is 11.5 Å². The topological polar surface area (TPSA) is 38.8 Å². The maximum absolute atomic E-state index is 13.7. The van der Waals surface area contributed by atoms with Gasteiger partial charge in [-0.25, -0.2) is 0 Å². The van der Waals surface area contributed by atoms with Crippen molar-refractivity contribution >= 4 is 29.4 Å². The number of amides is 1. The minimum Gasteiger partial charge on any atom is -0.493 e. The predicted molar refractivity (Wildman–Crippen MR) is 153 cm³/mol. The Bertz CT molecular complexity index is 1180. The molecule has 3 aromatic rings. The Hall–Kier alpha value is -2.57. The first-order valence-corrected chi connectivity index (χ1v) is 14.9. The fourth-order valence-electron chi connectivity index (χ4n) is 6.00.